The Morgan fingerprint density at radius 3 is 2.23 bits per heavy atom. The smallest absolute Gasteiger partial charge is 0.221 e. The maximum absolute atomic E-state index is 14.1. The van der Waals surface area contributed by atoms with E-state index in [1.807, 2.05) is 19.1 Å². The van der Waals surface area contributed by atoms with Crippen LogP contribution in [0.4, 0.5) is 4.39 Å². The third-order valence-corrected chi connectivity index (χ3v) is 3.23. The summed E-state index contributed by atoms with van der Waals surface area (Å²) in [7, 11) is 2.96. The van der Waals surface area contributed by atoms with Crippen LogP contribution in [0.25, 0.3) is 6.08 Å². The predicted octanol–water partition coefficient (Wildman–Crippen LogP) is 4.21. The lowest BCUT2D eigenvalue weighted by molar-refractivity contribution is 0.101. The van der Waals surface area contributed by atoms with Crippen LogP contribution in [0, 0.1) is 6.92 Å². The number of methoxy groups -OCH3 is 2. The van der Waals surface area contributed by atoms with Gasteiger partial charge in [0.1, 0.15) is 0 Å². The third-order valence-electron chi connectivity index (χ3n) is 3.23. The lowest BCUT2D eigenvalue weighted by Gasteiger charge is -2.08. The highest BCUT2D eigenvalue weighted by Gasteiger charge is 2.15. The molecular weight excluding hydrogens is 283 g/mol. The average Bonchev–Trinajstić information content (AvgIpc) is 2.55. The molecule has 114 valence electrons. The number of carbonyl (C=O) groups excluding carboxylic acids is 1. The number of rotatable bonds is 5. The Morgan fingerprint density at radius 1 is 1.00 bits per heavy atom. The van der Waals surface area contributed by atoms with Crippen molar-refractivity contribution in [3.8, 4) is 11.5 Å². The van der Waals surface area contributed by atoms with Gasteiger partial charge in [-0.25, -0.2) is 4.39 Å². The van der Waals surface area contributed by atoms with Crippen LogP contribution in [0.15, 0.2) is 48.3 Å². The molecule has 0 aliphatic rings. The minimum absolute atomic E-state index is 0.207. The maximum Gasteiger partial charge on any atom is 0.221 e. The van der Waals surface area contributed by atoms with Crippen LogP contribution in [0.3, 0.4) is 0 Å². The number of Topliss-reactive ketones (excluding diaryl/α,β-unsaturated/α-hetero) is 1. The minimum Gasteiger partial charge on any atom is -0.493 e. The summed E-state index contributed by atoms with van der Waals surface area (Å²) >= 11 is 0. The van der Waals surface area contributed by atoms with Crippen molar-refractivity contribution < 1.29 is 18.7 Å². The van der Waals surface area contributed by atoms with Crippen molar-refractivity contribution in [1.29, 1.82) is 0 Å². The van der Waals surface area contributed by atoms with Gasteiger partial charge in [-0.1, -0.05) is 29.8 Å². The zero-order chi connectivity index (χ0) is 16.1. The van der Waals surface area contributed by atoms with Crippen LogP contribution in [-0.2, 0) is 0 Å². The normalized spacial score (nSPS) is 11.2. The Kier molecular flexibility index (Phi) is 4.94. The summed E-state index contributed by atoms with van der Waals surface area (Å²) in [6, 6.07) is 11.8. The molecule has 2 rings (SSSR count). The van der Waals surface area contributed by atoms with Gasteiger partial charge in [-0.2, -0.15) is 0 Å². The molecule has 0 saturated heterocycles. The number of hydrogen-bond donors (Lipinski definition) is 0. The van der Waals surface area contributed by atoms with E-state index in [1.54, 1.807) is 18.2 Å². The van der Waals surface area contributed by atoms with E-state index in [0.717, 1.165) is 5.56 Å². The number of carbonyl (C=O) groups is 1. The molecule has 0 unspecified atom stereocenters. The van der Waals surface area contributed by atoms with E-state index in [2.05, 4.69) is 0 Å². The minimum atomic E-state index is -0.823. The van der Waals surface area contributed by atoms with E-state index in [9.17, 15) is 9.18 Å². The van der Waals surface area contributed by atoms with Crippen LogP contribution in [-0.4, -0.2) is 20.0 Å². The largest absolute Gasteiger partial charge is 0.493 e. The lowest BCUT2D eigenvalue weighted by atomic mass is 10.1. The molecule has 4 heteroatoms. The molecule has 0 aromatic heterocycles. The predicted molar refractivity (Wildman–Crippen MR) is 84.1 cm³/mol. The first-order chi connectivity index (χ1) is 10.5. The second kappa shape index (κ2) is 6.89. The maximum atomic E-state index is 14.1. The molecule has 0 aliphatic carbocycles. The topological polar surface area (TPSA) is 35.5 Å². The van der Waals surface area contributed by atoms with Crippen LogP contribution in [0.5, 0.6) is 11.5 Å². The van der Waals surface area contributed by atoms with E-state index >= 15 is 0 Å². The van der Waals surface area contributed by atoms with Gasteiger partial charge in [0.25, 0.3) is 0 Å². The van der Waals surface area contributed by atoms with Crippen molar-refractivity contribution in [3.63, 3.8) is 0 Å². The SMILES string of the molecule is COc1ccc(C(=O)/C(F)=C/c2ccc(C)cc2)cc1OC. The number of hydrogen-bond acceptors (Lipinski definition) is 3. The number of benzene rings is 2. The number of aryl methyl sites for hydroxylation is 1. The summed E-state index contributed by atoms with van der Waals surface area (Å²) in [5, 5.41) is 0. The molecule has 0 bridgehead atoms. The van der Waals surface area contributed by atoms with E-state index in [4.69, 9.17) is 9.47 Å². The van der Waals surface area contributed by atoms with Crippen LogP contribution < -0.4 is 9.47 Å². The van der Waals surface area contributed by atoms with Gasteiger partial charge in [-0.05, 0) is 36.8 Å². The standard InChI is InChI=1S/C18H17FO3/c1-12-4-6-13(7-5-12)10-15(19)18(20)14-8-9-16(21-2)17(11-14)22-3/h4-11H,1-3H3/b15-10-. The van der Waals surface area contributed by atoms with Crippen molar-refractivity contribution in [2.24, 2.45) is 0 Å². The number of halogens is 1. The summed E-state index contributed by atoms with van der Waals surface area (Å²) in [6.07, 6.45) is 1.22. The molecule has 3 nitrogen and oxygen atoms in total. The first-order valence-corrected chi connectivity index (χ1v) is 6.75. The molecule has 22 heavy (non-hydrogen) atoms. The summed E-state index contributed by atoms with van der Waals surface area (Å²) in [5.74, 6) is -0.643. The molecule has 0 heterocycles. The van der Waals surface area contributed by atoms with Crippen molar-refractivity contribution in [2.45, 2.75) is 6.92 Å². The first kappa shape index (κ1) is 15.8. The van der Waals surface area contributed by atoms with E-state index < -0.39 is 11.6 Å². The number of ether oxygens (including phenoxy) is 2. The summed E-state index contributed by atoms with van der Waals surface area (Å²) in [4.78, 5) is 12.1. The van der Waals surface area contributed by atoms with Gasteiger partial charge in [0, 0.05) is 5.56 Å². The van der Waals surface area contributed by atoms with Crippen molar-refractivity contribution >= 4 is 11.9 Å². The molecule has 0 aliphatic heterocycles. The Balaban J connectivity index is 2.28. The zero-order valence-electron chi connectivity index (χ0n) is 12.7. The third kappa shape index (κ3) is 3.52. The monoisotopic (exact) mass is 300 g/mol. The van der Waals surface area contributed by atoms with Gasteiger partial charge in [0.2, 0.25) is 5.78 Å². The van der Waals surface area contributed by atoms with Crippen molar-refractivity contribution in [1.82, 2.24) is 0 Å². The Hall–Kier alpha value is -2.62. The van der Waals surface area contributed by atoms with Gasteiger partial charge in [-0.15, -0.1) is 0 Å². The fourth-order valence-corrected chi connectivity index (χ4v) is 1.99. The molecule has 0 saturated carbocycles. The first-order valence-electron chi connectivity index (χ1n) is 6.75. The van der Waals surface area contributed by atoms with Gasteiger partial charge in [0.15, 0.2) is 17.3 Å². The second-order valence-corrected chi connectivity index (χ2v) is 4.80. The quantitative estimate of drug-likeness (QED) is 0.613. The van der Waals surface area contributed by atoms with Gasteiger partial charge >= 0.3 is 0 Å². The molecule has 2 aromatic carbocycles. The van der Waals surface area contributed by atoms with Crippen LogP contribution in [0.1, 0.15) is 21.5 Å². The van der Waals surface area contributed by atoms with E-state index in [0.29, 0.717) is 17.1 Å². The lowest BCUT2D eigenvalue weighted by Crippen LogP contribution is -2.01. The fourth-order valence-electron chi connectivity index (χ4n) is 1.99. The summed E-state index contributed by atoms with van der Waals surface area (Å²) in [5.41, 5.74) is 1.92. The molecule has 0 atom stereocenters. The second-order valence-electron chi connectivity index (χ2n) is 4.80. The van der Waals surface area contributed by atoms with E-state index in [-0.39, 0.29) is 5.56 Å². The molecule has 2 aromatic rings. The van der Waals surface area contributed by atoms with Crippen molar-refractivity contribution in [3.05, 3.63) is 65.0 Å². The van der Waals surface area contributed by atoms with Gasteiger partial charge < -0.3 is 9.47 Å². The van der Waals surface area contributed by atoms with E-state index in [1.165, 1.54) is 32.4 Å². The van der Waals surface area contributed by atoms with Gasteiger partial charge in [0.05, 0.1) is 14.2 Å². The Bertz CT molecular complexity index is 703. The zero-order valence-corrected chi connectivity index (χ0v) is 12.7. The molecule has 0 radical (unpaired) electrons. The molecule has 0 fully saturated rings. The highest BCUT2D eigenvalue weighted by molar-refractivity contribution is 6.10. The average molecular weight is 300 g/mol. The van der Waals surface area contributed by atoms with Crippen LogP contribution >= 0.6 is 0 Å². The van der Waals surface area contributed by atoms with Gasteiger partial charge in [-0.3, -0.25) is 4.79 Å². The molecule has 0 N–H and O–H groups in total. The number of allylic oxidation sites excluding steroid dienone is 1. The highest BCUT2D eigenvalue weighted by Crippen LogP contribution is 2.28. The van der Waals surface area contributed by atoms with Crippen LogP contribution in [0.2, 0.25) is 0 Å². The Morgan fingerprint density at radius 2 is 1.64 bits per heavy atom. The highest BCUT2D eigenvalue weighted by atomic mass is 19.1. The number of ketones is 1. The van der Waals surface area contributed by atoms with Crippen molar-refractivity contribution in [2.75, 3.05) is 14.2 Å². The molecule has 0 amide bonds. The molecular formula is C18H17FO3. The Labute approximate surface area is 129 Å². The summed E-state index contributed by atoms with van der Waals surface area (Å²) in [6.45, 7) is 1.94. The molecule has 0 spiro atoms. The summed E-state index contributed by atoms with van der Waals surface area (Å²) < 4.78 is 24.3. The fraction of sp³-hybridized carbons (Fsp3) is 0.167.